The normalized spacial score (nSPS) is 14.2. The van der Waals surface area contributed by atoms with Crippen LogP contribution in [0.2, 0.25) is 0 Å². The third kappa shape index (κ3) is 3.58. The summed E-state index contributed by atoms with van der Waals surface area (Å²) < 4.78 is 52.9. The Kier molecular flexibility index (Phi) is 4.93. The van der Waals surface area contributed by atoms with Crippen LogP contribution in [0.1, 0.15) is 35.9 Å². The maximum Gasteiger partial charge on any atom is 0.449 e. The Morgan fingerprint density at radius 3 is 2.76 bits per heavy atom. The van der Waals surface area contributed by atoms with E-state index in [-0.39, 0.29) is 23.1 Å². The van der Waals surface area contributed by atoms with E-state index in [1.807, 2.05) is 18.2 Å². The molecule has 1 aliphatic carbocycles. The number of rotatable bonds is 5. The molecule has 4 heterocycles. The summed E-state index contributed by atoms with van der Waals surface area (Å²) in [6.07, 6.45) is 0.257. The van der Waals surface area contributed by atoms with E-state index in [2.05, 4.69) is 15.0 Å². The molecular weight excluding hydrogens is 519 g/mol. The molecule has 0 spiro atoms. The van der Waals surface area contributed by atoms with E-state index in [1.165, 1.54) is 18.7 Å². The fourth-order valence-corrected chi connectivity index (χ4v) is 6.01. The summed E-state index contributed by atoms with van der Waals surface area (Å²) in [7, 11) is 1.60. The Balaban J connectivity index is 1.53. The smallest absolute Gasteiger partial charge is 0.449 e. The van der Waals surface area contributed by atoms with Crippen molar-refractivity contribution in [2.45, 2.75) is 31.5 Å². The third-order valence-electron chi connectivity index (χ3n) is 6.79. The van der Waals surface area contributed by atoms with Gasteiger partial charge in [-0.15, -0.1) is 11.3 Å². The van der Waals surface area contributed by atoms with E-state index in [1.54, 1.807) is 17.7 Å². The lowest BCUT2D eigenvalue weighted by Crippen LogP contribution is -2.24. The molecule has 12 heteroatoms. The number of alkyl halides is 3. The number of halogens is 3. The summed E-state index contributed by atoms with van der Waals surface area (Å²) in [6, 6.07) is 8.84. The number of thiophene rings is 1. The Hall–Kier alpha value is -4.19. The summed E-state index contributed by atoms with van der Waals surface area (Å²) in [4.78, 5) is 29.6. The van der Waals surface area contributed by atoms with Crippen LogP contribution in [0.25, 0.3) is 42.7 Å². The van der Waals surface area contributed by atoms with Crippen LogP contribution in [0.5, 0.6) is 5.75 Å². The topological polar surface area (TPSA) is 98.8 Å². The Morgan fingerprint density at radius 2 is 2.05 bits per heavy atom. The summed E-state index contributed by atoms with van der Waals surface area (Å²) in [5, 5.41) is 0.832. The van der Waals surface area contributed by atoms with Crippen LogP contribution < -0.4 is 10.3 Å². The molecule has 2 aromatic carbocycles. The van der Waals surface area contributed by atoms with E-state index >= 15 is 0 Å². The fourth-order valence-electron chi connectivity index (χ4n) is 4.85. The van der Waals surface area contributed by atoms with Gasteiger partial charge in [0.15, 0.2) is 6.39 Å². The van der Waals surface area contributed by atoms with Crippen LogP contribution in [0.3, 0.4) is 0 Å². The number of ether oxygens (including phenoxy) is 1. The van der Waals surface area contributed by atoms with Gasteiger partial charge in [-0.05, 0) is 48.6 Å². The van der Waals surface area contributed by atoms with Crippen LogP contribution in [0.15, 0.2) is 52.1 Å². The molecule has 4 aromatic heterocycles. The number of oxazole rings is 1. The van der Waals surface area contributed by atoms with E-state index in [9.17, 15) is 18.0 Å². The maximum absolute atomic E-state index is 14.1. The molecule has 0 radical (unpaired) electrons. The second-order valence-electron chi connectivity index (χ2n) is 9.23. The minimum Gasteiger partial charge on any atom is -0.497 e. The first-order chi connectivity index (χ1) is 18.3. The minimum atomic E-state index is -4.62. The van der Waals surface area contributed by atoms with Gasteiger partial charge >= 0.3 is 6.18 Å². The second kappa shape index (κ2) is 8.15. The van der Waals surface area contributed by atoms with Gasteiger partial charge in [0.05, 0.1) is 35.5 Å². The van der Waals surface area contributed by atoms with Gasteiger partial charge in [0.25, 0.3) is 5.56 Å². The van der Waals surface area contributed by atoms with Crippen molar-refractivity contribution in [2.24, 2.45) is 0 Å². The van der Waals surface area contributed by atoms with Crippen LogP contribution in [-0.2, 0) is 12.7 Å². The first-order valence-electron chi connectivity index (χ1n) is 11.8. The van der Waals surface area contributed by atoms with Crippen molar-refractivity contribution in [1.82, 2.24) is 24.5 Å². The molecule has 192 valence electrons. The number of nitrogens with one attached hydrogen (secondary N) is 1. The van der Waals surface area contributed by atoms with Crippen LogP contribution in [-0.4, -0.2) is 31.6 Å². The molecule has 1 saturated carbocycles. The monoisotopic (exact) mass is 537 g/mol. The minimum absolute atomic E-state index is 0.0907. The van der Waals surface area contributed by atoms with Crippen molar-refractivity contribution in [3.8, 4) is 17.1 Å². The predicted molar refractivity (Wildman–Crippen MR) is 136 cm³/mol. The van der Waals surface area contributed by atoms with Gasteiger partial charge in [-0.3, -0.25) is 9.36 Å². The van der Waals surface area contributed by atoms with Gasteiger partial charge in [-0.25, -0.2) is 15.0 Å². The van der Waals surface area contributed by atoms with Crippen LogP contribution in [0.4, 0.5) is 13.2 Å². The van der Waals surface area contributed by atoms with Gasteiger partial charge in [-0.2, -0.15) is 13.2 Å². The number of H-pyrrole nitrogens is 1. The highest BCUT2D eigenvalue weighted by molar-refractivity contribution is 7.26. The zero-order chi connectivity index (χ0) is 26.2. The van der Waals surface area contributed by atoms with Gasteiger partial charge < -0.3 is 14.1 Å². The van der Waals surface area contributed by atoms with Crippen molar-refractivity contribution in [1.29, 1.82) is 0 Å². The summed E-state index contributed by atoms with van der Waals surface area (Å²) >= 11 is 1.16. The highest BCUT2D eigenvalue weighted by Gasteiger charge is 2.35. The molecule has 0 unspecified atom stereocenters. The largest absolute Gasteiger partial charge is 0.497 e. The van der Waals surface area contributed by atoms with Crippen LogP contribution >= 0.6 is 11.3 Å². The lowest BCUT2D eigenvalue weighted by molar-refractivity contribution is -0.144. The van der Waals surface area contributed by atoms with Gasteiger partial charge in [0.1, 0.15) is 27.7 Å². The SMILES string of the molecule is COc1ccc(-c2nc3sc4c(ccc5[nH]c(C(F)(F)F)nc54)c3c(=O)n2Cc2cnco2)c(C2CC2)c1. The fraction of sp³-hybridized carbons (Fsp3) is 0.231. The summed E-state index contributed by atoms with van der Waals surface area (Å²) in [5.41, 5.74) is 1.91. The lowest BCUT2D eigenvalue weighted by Gasteiger charge is -2.15. The molecule has 0 bridgehead atoms. The molecule has 7 rings (SSSR count). The number of nitrogens with zero attached hydrogens (tertiary/aromatic N) is 4. The average Bonchev–Trinajstić information content (AvgIpc) is 3.26. The van der Waals surface area contributed by atoms with Crippen molar-refractivity contribution in [3.05, 3.63) is 70.4 Å². The maximum atomic E-state index is 14.1. The molecule has 0 aliphatic heterocycles. The molecular formula is C26H18F3N5O3S. The van der Waals surface area contributed by atoms with Crippen molar-refractivity contribution < 1.29 is 22.3 Å². The number of hydrogen-bond acceptors (Lipinski definition) is 7. The van der Waals surface area contributed by atoms with Crippen molar-refractivity contribution >= 4 is 42.7 Å². The molecule has 0 amide bonds. The number of methoxy groups -OCH3 is 1. The van der Waals surface area contributed by atoms with E-state index in [0.29, 0.717) is 43.6 Å². The van der Waals surface area contributed by atoms with Gasteiger partial charge in [-0.1, -0.05) is 6.07 Å². The number of hydrogen-bond donors (Lipinski definition) is 1. The quantitative estimate of drug-likeness (QED) is 0.286. The number of benzene rings is 2. The average molecular weight is 538 g/mol. The van der Waals surface area contributed by atoms with Crippen molar-refractivity contribution in [2.75, 3.05) is 7.11 Å². The van der Waals surface area contributed by atoms with Crippen molar-refractivity contribution in [3.63, 3.8) is 0 Å². The zero-order valence-corrected chi connectivity index (χ0v) is 20.6. The number of aromatic amines is 1. The molecule has 6 aromatic rings. The highest BCUT2D eigenvalue weighted by Crippen LogP contribution is 2.46. The third-order valence-corrected chi connectivity index (χ3v) is 7.90. The second-order valence-corrected chi connectivity index (χ2v) is 10.2. The summed E-state index contributed by atoms with van der Waals surface area (Å²) in [6.45, 7) is 0.0907. The Bertz CT molecular complexity index is 1920. The van der Waals surface area contributed by atoms with Gasteiger partial charge in [0, 0.05) is 10.9 Å². The molecule has 1 N–H and O–H groups in total. The molecule has 1 aliphatic rings. The zero-order valence-electron chi connectivity index (χ0n) is 19.8. The molecule has 1 fully saturated rings. The van der Waals surface area contributed by atoms with Crippen LogP contribution in [0, 0.1) is 0 Å². The Morgan fingerprint density at radius 1 is 1.21 bits per heavy atom. The highest BCUT2D eigenvalue weighted by atomic mass is 32.1. The van der Waals surface area contributed by atoms with E-state index < -0.39 is 12.0 Å². The van der Waals surface area contributed by atoms with E-state index in [4.69, 9.17) is 14.1 Å². The summed E-state index contributed by atoms with van der Waals surface area (Å²) in [5.74, 6) is 0.882. The first kappa shape index (κ1) is 23.0. The number of fused-ring (bicyclic) bond motifs is 5. The lowest BCUT2D eigenvalue weighted by atomic mass is 10.0. The van der Waals surface area contributed by atoms with Gasteiger partial charge in [0.2, 0.25) is 5.82 Å². The Labute approximate surface area is 215 Å². The number of aromatic nitrogens is 5. The first-order valence-corrected chi connectivity index (χ1v) is 12.6. The molecule has 8 nitrogen and oxygen atoms in total. The van der Waals surface area contributed by atoms with E-state index in [0.717, 1.165) is 35.3 Å². The molecule has 38 heavy (non-hydrogen) atoms. The predicted octanol–water partition coefficient (Wildman–Crippen LogP) is 6.10. The molecule has 0 atom stereocenters. The molecule has 0 saturated heterocycles. The standard InChI is InChI=1S/C26H18F3N5O3S/c1-36-13-4-5-15(17(8-13)12-2-3-12)22-33-23-19(24(35)34(22)10-14-9-30-11-37-14)16-6-7-18-20(21(16)38-23)32-25(31-18)26(27,28)29/h4-9,11-12H,2-3,10H2,1H3,(H,31,32). The number of imidazole rings is 1.